The molecule has 0 bridgehead atoms. The lowest BCUT2D eigenvalue weighted by molar-refractivity contribution is -0.163. The van der Waals surface area contributed by atoms with Crippen LogP contribution in [0.2, 0.25) is 0 Å². The summed E-state index contributed by atoms with van der Waals surface area (Å²) in [5, 5.41) is 0. The number of nitrogens with zero attached hydrogens (tertiary/aromatic N) is 1. The van der Waals surface area contributed by atoms with Crippen LogP contribution >= 0.6 is 0 Å². The van der Waals surface area contributed by atoms with Crippen LogP contribution in [0, 0.1) is 0 Å². The molecule has 0 amide bonds. The summed E-state index contributed by atoms with van der Waals surface area (Å²) < 4.78 is 5.47. The van der Waals surface area contributed by atoms with Crippen LogP contribution in [0.15, 0.2) is 0 Å². The Bertz CT molecular complexity index is 260. The monoisotopic (exact) mass is 241 g/mol. The predicted molar refractivity (Wildman–Crippen MR) is 69.9 cm³/mol. The molecule has 1 heterocycles. The second-order valence-corrected chi connectivity index (χ2v) is 6.29. The van der Waals surface area contributed by atoms with Crippen molar-refractivity contribution < 1.29 is 9.53 Å². The summed E-state index contributed by atoms with van der Waals surface area (Å²) in [5.41, 5.74) is -0.395. The molecule has 0 aliphatic carbocycles. The topological polar surface area (TPSA) is 29.5 Å². The van der Waals surface area contributed by atoms with Crippen molar-refractivity contribution in [3.8, 4) is 0 Å². The van der Waals surface area contributed by atoms with Crippen molar-refractivity contribution in [3.05, 3.63) is 0 Å². The third kappa shape index (κ3) is 3.98. The summed E-state index contributed by atoms with van der Waals surface area (Å²) in [4.78, 5) is 14.4. The minimum atomic E-state index is -0.395. The quantitative estimate of drug-likeness (QED) is 0.696. The van der Waals surface area contributed by atoms with Gasteiger partial charge in [0.2, 0.25) is 0 Å². The summed E-state index contributed by atoms with van der Waals surface area (Å²) in [7, 11) is 0. The molecule has 3 heteroatoms. The minimum Gasteiger partial charge on any atom is -0.459 e. The smallest absolute Gasteiger partial charge is 0.323 e. The van der Waals surface area contributed by atoms with Gasteiger partial charge in [-0.25, -0.2) is 0 Å². The SMILES string of the molecule is CC1CCCC(C)N1C(C)C(=O)OC(C)(C)C. The normalized spacial score (nSPS) is 28.8. The van der Waals surface area contributed by atoms with Crippen LogP contribution in [0.4, 0.5) is 0 Å². The van der Waals surface area contributed by atoms with Crippen molar-refractivity contribution in [2.45, 2.75) is 84.5 Å². The standard InChI is InChI=1S/C14H27NO2/c1-10-8-7-9-11(2)15(10)12(3)13(16)17-14(4,5)6/h10-12H,7-9H2,1-6H3. The predicted octanol–water partition coefficient (Wildman–Crippen LogP) is 2.98. The van der Waals surface area contributed by atoms with Crippen LogP contribution in [0.3, 0.4) is 0 Å². The summed E-state index contributed by atoms with van der Waals surface area (Å²) in [6.45, 7) is 12.1. The van der Waals surface area contributed by atoms with E-state index in [1.807, 2.05) is 27.7 Å². The van der Waals surface area contributed by atoms with E-state index in [2.05, 4.69) is 18.7 Å². The van der Waals surface area contributed by atoms with E-state index in [0.717, 1.165) is 0 Å². The molecule has 0 aromatic rings. The van der Waals surface area contributed by atoms with E-state index >= 15 is 0 Å². The molecule has 1 saturated heterocycles. The van der Waals surface area contributed by atoms with E-state index in [-0.39, 0.29) is 12.0 Å². The zero-order valence-electron chi connectivity index (χ0n) is 12.1. The fourth-order valence-electron chi connectivity index (χ4n) is 2.71. The second kappa shape index (κ2) is 5.38. The van der Waals surface area contributed by atoms with Gasteiger partial charge in [-0.05, 0) is 54.4 Å². The molecular weight excluding hydrogens is 214 g/mol. The van der Waals surface area contributed by atoms with Crippen LogP contribution in [0.25, 0.3) is 0 Å². The Morgan fingerprint density at radius 3 is 2.12 bits per heavy atom. The lowest BCUT2D eigenvalue weighted by atomic mass is 9.95. The van der Waals surface area contributed by atoms with Gasteiger partial charge < -0.3 is 4.74 Å². The van der Waals surface area contributed by atoms with Crippen molar-refractivity contribution in [2.75, 3.05) is 0 Å². The van der Waals surface area contributed by atoms with E-state index in [1.54, 1.807) is 0 Å². The van der Waals surface area contributed by atoms with Gasteiger partial charge in [-0.2, -0.15) is 0 Å². The molecule has 3 nitrogen and oxygen atoms in total. The van der Waals surface area contributed by atoms with Crippen LogP contribution in [-0.4, -0.2) is 34.6 Å². The van der Waals surface area contributed by atoms with E-state index in [4.69, 9.17) is 4.74 Å². The van der Waals surface area contributed by atoms with Crippen LogP contribution in [0.5, 0.6) is 0 Å². The highest BCUT2D eigenvalue weighted by molar-refractivity contribution is 5.75. The van der Waals surface area contributed by atoms with E-state index in [9.17, 15) is 4.79 Å². The van der Waals surface area contributed by atoms with Crippen molar-refractivity contribution in [1.82, 2.24) is 4.90 Å². The summed E-state index contributed by atoms with van der Waals surface area (Å²) in [6.07, 6.45) is 3.62. The van der Waals surface area contributed by atoms with Crippen molar-refractivity contribution >= 4 is 5.97 Å². The summed E-state index contributed by atoms with van der Waals surface area (Å²) in [6, 6.07) is 0.807. The number of carbonyl (C=O) groups excluding carboxylic acids is 1. The number of hydrogen-bond acceptors (Lipinski definition) is 3. The third-order valence-corrected chi connectivity index (χ3v) is 3.46. The highest BCUT2D eigenvalue weighted by Gasteiger charge is 2.34. The molecule has 0 saturated carbocycles. The average molecular weight is 241 g/mol. The zero-order valence-corrected chi connectivity index (χ0v) is 12.1. The first kappa shape index (κ1) is 14.5. The molecule has 3 unspecified atom stereocenters. The highest BCUT2D eigenvalue weighted by Crippen LogP contribution is 2.25. The molecule has 1 aliphatic rings. The van der Waals surface area contributed by atoms with Crippen LogP contribution < -0.4 is 0 Å². The van der Waals surface area contributed by atoms with E-state index in [0.29, 0.717) is 12.1 Å². The first-order valence-corrected chi connectivity index (χ1v) is 6.72. The molecule has 0 N–H and O–H groups in total. The molecule has 1 rings (SSSR count). The Hall–Kier alpha value is -0.570. The number of carbonyl (C=O) groups is 1. The highest BCUT2D eigenvalue weighted by atomic mass is 16.6. The van der Waals surface area contributed by atoms with Gasteiger partial charge >= 0.3 is 5.97 Å². The summed E-state index contributed by atoms with van der Waals surface area (Å²) >= 11 is 0. The van der Waals surface area contributed by atoms with Gasteiger partial charge in [-0.1, -0.05) is 6.42 Å². The lowest BCUT2D eigenvalue weighted by Crippen LogP contribution is -2.52. The lowest BCUT2D eigenvalue weighted by Gasteiger charge is -2.42. The number of piperidine rings is 1. The third-order valence-electron chi connectivity index (χ3n) is 3.46. The van der Waals surface area contributed by atoms with Crippen molar-refractivity contribution in [1.29, 1.82) is 0 Å². The number of hydrogen-bond donors (Lipinski definition) is 0. The van der Waals surface area contributed by atoms with Gasteiger partial charge in [-0.15, -0.1) is 0 Å². The minimum absolute atomic E-state index is 0.0990. The van der Waals surface area contributed by atoms with Gasteiger partial charge in [0, 0.05) is 12.1 Å². The van der Waals surface area contributed by atoms with Crippen molar-refractivity contribution in [3.63, 3.8) is 0 Å². The summed E-state index contributed by atoms with van der Waals surface area (Å²) in [5.74, 6) is -0.0990. The maximum Gasteiger partial charge on any atom is 0.323 e. The molecule has 1 aliphatic heterocycles. The Morgan fingerprint density at radius 2 is 1.71 bits per heavy atom. The maximum atomic E-state index is 12.1. The zero-order chi connectivity index (χ0) is 13.2. The molecule has 100 valence electrons. The van der Waals surface area contributed by atoms with Crippen LogP contribution in [0.1, 0.15) is 60.8 Å². The molecule has 0 aromatic heterocycles. The molecule has 0 radical (unpaired) electrons. The second-order valence-electron chi connectivity index (χ2n) is 6.29. The number of ether oxygens (including phenoxy) is 1. The number of esters is 1. The largest absolute Gasteiger partial charge is 0.459 e. The van der Waals surface area contributed by atoms with Gasteiger partial charge in [0.15, 0.2) is 0 Å². The molecule has 1 fully saturated rings. The van der Waals surface area contributed by atoms with Crippen LogP contribution in [-0.2, 0) is 9.53 Å². The van der Waals surface area contributed by atoms with E-state index < -0.39 is 5.60 Å². The van der Waals surface area contributed by atoms with E-state index in [1.165, 1.54) is 19.3 Å². The van der Waals surface area contributed by atoms with Crippen molar-refractivity contribution in [2.24, 2.45) is 0 Å². The molecule has 17 heavy (non-hydrogen) atoms. The first-order chi connectivity index (χ1) is 7.72. The molecule has 0 spiro atoms. The Labute approximate surface area is 106 Å². The molecular formula is C14H27NO2. The Morgan fingerprint density at radius 1 is 1.24 bits per heavy atom. The average Bonchev–Trinajstić information content (AvgIpc) is 2.14. The Balaban J connectivity index is 2.67. The van der Waals surface area contributed by atoms with Gasteiger partial charge in [0.1, 0.15) is 11.6 Å². The first-order valence-electron chi connectivity index (χ1n) is 6.72. The van der Waals surface area contributed by atoms with Gasteiger partial charge in [0.05, 0.1) is 0 Å². The maximum absolute atomic E-state index is 12.1. The Kier molecular flexibility index (Phi) is 4.59. The fraction of sp³-hybridized carbons (Fsp3) is 0.929. The van der Waals surface area contributed by atoms with Gasteiger partial charge in [0.25, 0.3) is 0 Å². The number of likely N-dealkylation sites (tertiary alicyclic amines) is 1. The molecule has 3 atom stereocenters. The molecule has 0 aromatic carbocycles. The number of rotatable bonds is 2. The van der Waals surface area contributed by atoms with Gasteiger partial charge in [-0.3, -0.25) is 9.69 Å². The fourth-order valence-corrected chi connectivity index (χ4v) is 2.71.